The van der Waals surface area contributed by atoms with Gasteiger partial charge in [-0.15, -0.1) is 0 Å². The molecule has 1 heterocycles. The van der Waals surface area contributed by atoms with Gasteiger partial charge >= 0.3 is 0 Å². The number of rotatable bonds is 8. The highest BCUT2D eigenvalue weighted by atomic mass is 32.2. The highest BCUT2D eigenvalue weighted by molar-refractivity contribution is 7.89. The number of para-hydroxylation sites is 1. The van der Waals surface area contributed by atoms with E-state index < -0.39 is 22.0 Å². The second-order valence-electron chi connectivity index (χ2n) is 8.06. The lowest BCUT2D eigenvalue weighted by Crippen LogP contribution is -2.47. The van der Waals surface area contributed by atoms with Crippen LogP contribution in [0.2, 0.25) is 0 Å². The zero-order valence-corrected chi connectivity index (χ0v) is 19.6. The van der Waals surface area contributed by atoms with Gasteiger partial charge in [-0.1, -0.05) is 35.9 Å². The predicted octanol–water partition coefficient (Wildman–Crippen LogP) is 3.12. The highest BCUT2D eigenvalue weighted by Gasteiger charge is 2.27. The summed E-state index contributed by atoms with van der Waals surface area (Å²) in [4.78, 5) is 27.6. The fraction of sp³-hybridized carbons (Fsp3) is 0.120. The Morgan fingerprint density at radius 1 is 0.971 bits per heavy atom. The van der Waals surface area contributed by atoms with Crippen LogP contribution in [0.15, 0.2) is 83.9 Å². The number of aryl methyl sites for hydroxylation is 1. The summed E-state index contributed by atoms with van der Waals surface area (Å²) in [6, 6.07) is 18.8. The van der Waals surface area contributed by atoms with Crippen molar-refractivity contribution in [3.8, 4) is 0 Å². The molecule has 0 bridgehead atoms. The van der Waals surface area contributed by atoms with Crippen LogP contribution in [0.1, 0.15) is 21.5 Å². The molecule has 1 aromatic heterocycles. The van der Waals surface area contributed by atoms with Crippen molar-refractivity contribution in [3.05, 3.63) is 95.7 Å². The highest BCUT2D eigenvalue weighted by Crippen LogP contribution is 2.21. The first-order chi connectivity index (χ1) is 16.8. The number of fused-ring (bicyclic) bond motifs is 1. The topological polar surface area (TPSA) is 140 Å². The Bertz CT molecular complexity index is 1460. The van der Waals surface area contributed by atoms with Crippen LogP contribution in [0.4, 0.5) is 5.69 Å². The van der Waals surface area contributed by atoms with Crippen molar-refractivity contribution in [1.29, 1.82) is 0 Å². The number of amides is 2. The molecule has 0 radical (unpaired) electrons. The lowest BCUT2D eigenvalue weighted by molar-refractivity contribution is -0.130. The van der Waals surface area contributed by atoms with Gasteiger partial charge in [-0.2, -0.15) is 4.72 Å². The van der Waals surface area contributed by atoms with E-state index >= 15 is 0 Å². The van der Waals surface area contributed by atoms with Gasteiger partial charge in [0, 0.05) is 28.4 Å². The normalized spacial score (nSPS) is 12.3. The van der Waals surface area contributed by atoms with Gasteiger partial charge in [0.2, 0.25) is 10.0 Å². The third-order valence-corrected chi connectivity index (χ3v) is 7.05. The van der Waals surface area contributed by atoms with Crippen molar-refractivity contribution in [2.24, 2.45) is 0 Å². The maximum atomic E-state index is 13.0. The smallest absolute Gasteiger partial charge is 0.261 e. The molecule has 9 nitrogen and oxygen atoms in total. The number of hydrogen-bond acceptors (Lipinski definition) is 5. The number of carbonyl (C=O) groups is 2. The van der Waals surface area contributed by atoms with Crippen molar-refractivity contribution < 1.29 is 23.2 Å². The maximum Gasteiger partial charge on any atom is 0.261 e. The Hall–Kier alpha value is -3.99. The third kappa shape index (κ3) is 5.57. The standard InChI is InChI=1S/C25H24N4O5S/c1-16-6-8-17(9-7-16)24(30)27-19-10-12-20(13-11-19)35(33,34)29-23(25(31)28-32)14-18-15-26-22-5-3-2-4-21(18)22/h2-13,15,23,26,29,32H,14H2,1H3,(H,27,30)(H,28,31)/t23-/m1/s1. The zero-order valence-electron chi connectivity index (χ0n) is 18.8. The van der Waals surface area contributed by atoms with Gasteiger partial charge in [0.1, 0.15) is 6.04 Å². The summed E-state index contributed by atoms with van der Waals surface area (Å²) >= 11 is 0. The molecule has 0 saturated heterocycles. The summed E-state index contributed by atoms with van der Waals surface area (Å²) < 4.78 is 28.3. The lowest BCUT2D eigenvalue weighted by atomic mass is 10.1. The fourth-order valence-electron chi connectivity index (χ4n) is 3.67. The molecule has 0 aliphatic rings. The lowest BCUT2D eigenvalue weighted by Gasteiger charge is -2.17. The van der Waals surface area contributed by atoms with Crippen LogP contribution >= 0.6 is 0 Å². The van der Waals surface area contributed by atoms with Gasteiger partial charge in [-0.25, -0.2) is 13.9 Å². The second-order valence-corrected chi connectivity index (χ2v) is 9.77. The zero-order chi connectivity index (χ0) is 25.0. The van der Waals surface area contributed by atoms with Gasteiger partial charge in [-0.05, 0) is 61.4 Å². The number of benzene rings is 3. The van der Waals surface area contributed by atoms with Crippen molar-refractivity contribution >= 4 is 38.4 Å². The summed E-state index contributed by atoms with van der Waals surface area (Å²) in [5, 5.41) is 12.7. The minimum Gasteiger partial charge on any atom is -0.361 e. The van der Waals surface area contributed by atoms with Crippen LogP contribution in [0.5, 0.6) is 0 Å². The molecule has 0 aliphatic carbocycles. The SMILES string of the molecule is Cc1ccc(C(=O)Nc2ccc(S(=O)(=O)N[C@H](Cc3c[nH]c4ccccc34)C(=O)NO)cc2)cc1. The molecule has 0 fully saturated rings. The van der Waals surface area contributed by atoms with E-state index in [2.05, 4.69) is 15.0 Å². The largest absolute Gasteiger partial charge is 0.361 e. The van der Waals surface area contributed by atoms with Crippen molar-refractivity contribution in [3.63, 3.8) is 0 Å². The number of carbonyl (C=O) groups excluding carboxylic acids is 2. The van der Waals surface area contributed by atoms with Crippen molar-refractivity contribution in [1.82, 2.24) is 15.2 Å². The maximum absolute atomic E-state index is 13.0. The Balaban J connectivity index is 1.49. The van der Waals surface area contributed by atoms with Crippen LogP contribution in [-0.2, 0) is 21.2 Å². The average molecular weight is 493 g/mol. The Morgan fingerprint density at radius 2 is 1.66 bits per heavy atom. The number of aromatic nitrogens is 1. The van der Waals surface area contributed by atoms with E-state index in [1.807, 2.05) is 43.3 Å². The summed E-state index contributed by atoms with van der Waals surface area (Å²) in [5.41, 5.74) is 5.00. The molecule has 180 valence electrons. The van der Waals surface area contributed by atoms with Crippen LogP contribution in [0.25, 0.3) is 10.9 Å². The number of hydroxylamine groups is 1. The first kappa shape index (κ1) is 24.1. The third-order valence-electron chi connectivity index (χ3n) is 5.56. The van der Waals surface area contributed by atoms with Gasteiger partial charge < -0.3 is 10.3 Å². The van der Waals surface area contributed by atoms with Crippen LogP contribution in [0, 0.1) is 6.92 Å². The molecule has 0 unspecified atom stereocenters. The molecule has 2 amide bonds. The molecule has 1 atom stereocenters. The summed E-state index contributed by atoms with van der Waals surface area (Å²) in [5.74, 6) is -1.21. The molecule has 0 saturated carbocycles. The van der Waals surface area contributed by atoms with Gasteiger partial charge in [0.05, 0.1) is 4.90 Å². The molecule has 4 aromatic rings. The molecule has 10 heteroatoms. The number of sulfonamides is 1. The van der Waals surface area contributed by atoms with Gasteiger partial charge in [0.25, 0.3) is 11.8 Å². The van der Waals surface area contributed by atoms with Crippen molar-refractivity contribution in [2.75, 3.05) is 5.32 Å². The number of aromatic amines is 1. The van der Waals surface area contributed by atoms with E-state index in [1.54, 1.807) is 18.3 Å². The minimum absolute atomic E-state index is 0.0142. The van der Waals surface area contributed by atoms with Crippen LogP contribution in [-0.4, -0.2) is 36.5 Å². The molecular formula is C25H24N4O5S. The van der Waals surface area contributed by atoms with E-state index in [0.29, 0.717) is 16.8 Å². The molecule has 35 heavy (non-hydrogen) atoms. The quantitative estimate of drug-likeness (QED) is 0.190. The van der Waals surface area contributed by atoms with Crippen LogP contribution < -0.4 is 15.5 Å². The minimum atomic E-state index is -4.12. The predicted molar refractivity (Wildman–Crippen MR) is 132 cm³/mol. The van der Waals surface area contributed by atoms with Gasteiger partial charge in [-0.3, -0.25) is 14.8 Å². The summed E-state index contributed by atoms with van der Waals surface area (Å²) in [6.07, 6.45) is 1.71. The Kier molecular flexibility index (Phi) is 6.97. The Morgan fingerprint density at radius 3 is 2.34 bits per heavy atom. The van der Waals surface area contributed by atoms with Crippen LogP contribution in [0.3, 0.4) is 0 Å². The van der Waals surface area contributed by atoms with E-state index in [4.69, 9.17) is 5.21 Å². The van der Waals surface area contributed by atoms with E-state index in [0.717, 1.165) is 16.5 Å². The number of H-pyrrole nitrogens is 1. The van der Waals surface area contributed by atoms with Crippen molar-refractivity contribution in [2.45, 2.75) is 24.3 Å². The Labute approximate surface area is 202 Å². The number of nitrogens with one attached hydrogen (secondary N) is 4. The fourth-order valence-corrected chi connectivity index (χ4v) is 4.86. The first-order valence-electron chi connectivity index (χ1n) is 10.8. The monoisotopic (exact) mass is 492 g/mol. The van der Waals surface area contributed by atoms with Gasteiger partial charge in [0.15, 0.2) is 0 Å². The molecule has 3 aromatic carbocycles. The average Bonchev–Trinajstić information content (AvgIpc) is 3.26. The molecule has 5 N–H and O–H groups in total. The molecule has 0 spiro atoms. The summed E-state index contributed by atoms with van der Waals surface area (Å²) in [7, 11) is -4.12. The number of hydrogen-bond donors (Lipinski definition) is 5. The second kappa shape index (κ2) is 10.1. The van der Waals surface area contributed by atoms with E-state index in [1.165, 1.54) is 29.7 Å². The molecule has 4 rings (SSSR count). The summed E-state index contributed by atoms with van der Waals surface area (Å²) in [6.45, 7) is 1.92. The molecular weight excluding hydrogens is 468 g/mol. The van der Waals surface area contributed by atoms with E-state index in [9.17, 15) is 18.0 Å². The first-order valence-corrected chi connectivity index (χ1v) is 12.2. The van der Waals surface area contributed by atoms with E-state index in [-0.39, 0.29) is 17.2 Å². The molecule has 0 aliphatic heterocycles. The number of anilines is 1.